The number of nitrogens with two attached hydrogens (primary N) is 1. The van der Waals surface area contributed by atoms with Crippen LogP contribution in [0.3, 0.4) is 0 Å². The van der Waals surface area contributed by atoms with Gasteiger partial charge in [0.25, 0.3) is 0 Å². The number of nitrogens with zero attached hydrogens (tertiary/aromatic N) is 4. The number of likely N-dealkylation sites (N-methyl/N-ethyl adjacent to an activating group) is 1. The highest BCUT2D eigenvalue weighted by Crippen LogP contribution is 2.18. The van der Waals surface area contributed by atoms with Crippen molar-refractivity contribution in [2.45, 2.75) is 19.4 Å². The van der Waals surface area contributed by atoms with Crippen LogP contribution in [0.25, 0.3) is 0 Å². The summed E-state index contributed by atoms with van der Waals surface area (Å²) in [5, 5.41) is 0. The normalized spacial score (nSPS) is 22.3. The second-order valence-electron chi connectivity index (χ2n) is 4.57. The van der Waals surface area contributed by atoms with Crippen LogP contribution in [0, 0.1) is 0 Å². The predicted octanol–water partition coefficient (Wildman–Crippen LogP) is 0.293. The van der Waals surface area contributed by atoms with Crippen molar-refractivity contribution in [1.29, 1.82) is 0 Å². The smallest absolute Gasteiger partial charge is 0.160 e. The minimum absolute atomic E-state index is 0.435. The summed E-state index contributed by atoms with van der Waals surface area (Å²) in [7, 11) is 2.16. The van der Waals surface area contributed by atoms with Crippen molar-refractivity contribution >= 4 is 11.6 Å². The number of anilines is 2. The van der Waals surface area contributed by atoms with E-state index in [9.17, 15) is 0 Å². The van der Waals surface area contributed by atoms with E-state index in [1.165, 1.54) is 0 Å². The number of hydrazine groups is 1. The monoisotopic (exact) mass is 236 g/mol. The van der Waals surface area contributed by atoms with Gasteiger partial charge in [-0.1, -0.05) is 0 Å². The third-order valence-electron chi connectivity index (χ3n) is 3.11. The van der Waals surface area contributed by atoms with E-state index >= 15 is 0 Å². The van der Waals surface area contributed by atoms with Gasteiger partial charge < -0.3 is 15.2 Å². The summed E-state index contributed by atoms with van der Waals surface area (Å²) in [6.45, 7) is 5.39. The Morgan fingerprint density at radius 2 is 2.24 bits per heavy atom. The lowest BCUT2D eigenvalue weighted by Gasteiger charge is -2.28. The minimum atomic E-state index is 0.435. The molecule has 1 aliphatic heterocycles. The number of aromatic nitrogens is 2. The highest BCUT2D eigenvalue weighted by molar-refractivity contribution is 5.44. The summed E-state index contributed by atoms with van der Waals surface area (Å²) in [5.74, 6) is 6.85. The molecule has 0 aromatic carbocycles. The zero-order valence-corrected chi connectivity index (χ0v) is 10.4. The summed E-state index contributed by atoms with van der Waals surface area (Å²) in [5.41, 5.74) is 2.53. The molecule has 0 saturated carbocycles. The average molecular weight is 236 g/mol. The van der Waals surface area contributed by atoms with Crippen molar-refractivity contribution in [2.75, 3.05) is 37.0 Å². The number of nitrogen functional groups attached to an aromatic ring is 1. The van der Waals surface area contributed by atoms with Crippen LogP contribution >= 0.6 is 0 Å². The maximum Gasteiger partial charge on any atom is 0.160 e. The highest BCUT2D eigenvalue weighted by Gasteiger charge is 2.21. The topological polar surface area (TPSA) is 70.3 Å². The Morgan fingerprint density at radius 1 is 1.41 bits per heavy atom. The van der Waals surface area contributed by atoms with Gasteiger partial charge in [-0.2, -0.15) is 0 Å². The molecule has 1 aromatic heterocycles. The SMILES string of the molecule is CC1CN(C)CCCN1c1cncc(NN)n1. The van der Waals surface area contributed by atoms with Crippen molar-refractivity contribution < 1.29 is 0 Å². The maximum absolute atomic E-state index is 5.36. The van der Waals surface area contributed by atoms with Crippen molar-refractivity contribution in [1.82, 2.24) is 14.9 Å². The second-order valence-corrected chi connectivity index (χ2v) is 4.57. The molecule has 0 aliphatic carbocycles. The van der Waals surface area contributed by atoms with Crippen LogP contribution in [0.5, 0.6) is 0 Å². The first kappa shape index (κ1) is 12.1. The summed E-state index contributed by atoms with van der Waals surface area (Å²) in [6.07, 6.45) is 4.56. The molecule has 1 fully saturated rings. The van der Waals surface area contributed by atoms with E-state index in [4.69, 9.17) is 5.84 Å². The van der Waals surface area contributed by atoms with Crippen LogP contribution in [0.4, 0.5) is 11.6 Å². The molecule has 94 valence electrons. The molecule has 1 atom stereocenters. The lowest BCUT2D eigenvalue weighted by molar-refractivity contribution is 0.337. The Balaban J connectivity index is 2.19. The molecule has 0 bridgehead atoms. The van der Waals surface area contributed by atoms with Gasteiger partial charge in [0.15, 0.2) is 5.82 Å². The second kappa shape index (κ2) is 5.29. The molecular weight excluding hydrogens is 216 g/mol. The quantitative estimate of drug-likeness (QED) is 0.568. The van der Waals surface area contributed by atoms with Gasteiger partial charge in [0, 0.05) is 19.1 Å². The van der Waals surface area contributed by atoms with Crippen molar-refractivity contribution in [3.8, 4) is 0 Å². The van der Waals surface area contributed by atoms with Gasteiger partial charge in [0.1, 0.15) is 5.82 Å². The third kappa shape index (κ3) is 2.83. The molecular formula is C11H20N6. The Bertz CT molecular complexity index is 369. The molecule has 2 heterocycles. The Morgan fingerprint density at radius 3 is 3.00 bits per heavy atom. The van der Waals surface area contributed by atoms with Crippen LogP contribution in [-0.4, -0.2) is 47.6 Å². The van der Waals surface area contributed by atoms with Gasteiger partial charge in [-0.15, -0.1) is 0 Å². The Kier molecular flexibility index (Phi) is 3.75. The van der Waals surface area contributed by atoms with Crippen LogP contribution in [-0.2, 0) is 0 Å². The summed E-state index contributed by atoms with van der Waals surface area (Å²) < 4.78 is 0. The number of rotatable bonds is 2. The molecule has 2 rings (SSSR count). The fraction of sp³-hybridized carbons (Fsp3) is 0.636. The van der Waals surface area contributed by atoms with E-state index in [0.29, 0.717) is 11.9 Å². The summed E-state index contributed by atoms with van der Waals surface area (Å²) in [4.78, 5) is 13.2. The zero-order valence-electron chi connectivity index (χ0n) is 10.4. The standard InChI is InChI=1S/C11H20N6/c1-9-8-16(2)4-3-5-17(9)11-7-13-6-10(14-11)15-12/h6-7,9H,3-5,8,12H2,1-2H3,(H,14,15). The highest BCUT2D eigenvalue weighted by atomic mass is 15.3. The van der Waals surface area contributed by atoms with Gasteiger partial charge >= 0.3 is 0 Å². The molecule has 1 unspecified atom stereocenters. The third-order valence-corrected chi connectivity index (χ3v) is 3.11. The van der Waals surface area contributed by atoms with E-state index in [1.54, 1.807) is 12.4 Å². The molecule has 1 saturated heterocycles. The molecule has 1 aromatic rings. The van der Waals surface area contributed by atoms with Crippen molar-refractivity contribution in [2.24, 2.45) is 5.84 Å². The van der Waals surface area contributed by atoms with Gasteiger partial charge in [0.05, 0.1) is 12.4 Å². The first-order chi connectivity index (χ1) is 8.20. The molecule has 6 nitrogen and oxygen atoms in total. The van der Waals surface area contributed by atoms with Gasteiger partial charge in [-0.3, -0.25) is 4.98 Å². The Labute approximate surface area is 102 Å². The number of nitrogens with one attached hydrogen (secondary N) is 1. The van der Waals surface area contributed by atoms with Crippen molar-refractivity contribution in [3.63, 3.8) is 0 Å². The lowest BCUT2D eigenvalue weighted by Crippen LogP contribution is -2.38. The van der Waals surface area contributed by atoms with Crippen molar-refractivity contribution in [3.05, 3.63) is 12.4 Å². The number of hydrogen-bond acceptors (Lipinski definition) is 6. The van der Waals surface area contributed by atoms with E-state index in [2.05, 4.69) is 39.2 Å². The first-order valence-corrected chi connectivity index (χ1v) is 5.94. The van der Waals surface area contributed by atoms with Gasteiger partial charge in [-0.05, 0) is 26.9 Å². The van der Waals surface area contributed by atoms with Gasteiger partial charge in [0.2, 0.25) is 0 Å². The molecule has 0 spiro atoms. The summed E-state index contributed by atoms with van der Waals surface area (Å²) in [6, 6.07) is 0.435. The van der Waals surface area contributed by atoms with E-state index < -0.39 is 0 Å². The van der Waals surface area contributed by atoms with Gasteiger partial charge in [-0.25, -0.2) is 10.8 Å². The fourth-order valence-electron chi connectivity index (χ4n) is 2.28. The van der Waals surface area contributed by atoms with Crippen LogP contribution in [0.1, 0.15) is 13.3 Å². The molecule has 1 aliphatic rings. The average Bonchev–Trinajstić information content (AvgIpc) is 2.50. The largest absolute Gasteiger partial charge is 0.351 e. The Hall–Kier alpha value is -1.40. The lowest BCUT2D eigenvalue weighted by atomic mass is 10.3. The van der Waals surface area contributed by atoms with Crippen LogP contribution in [0.2, 0.25) is 0 Å². The number of hydrogen-bond donors (Lipinski definition) is 2. The zero-order chi connectivity index (χ0) is 12.3. The molecule has 17 heavy (non-hydrogen) atoms. The fourth-order valence-corrected chi connectivity index (χ4v) is 2.28. The van der Waals surface area contributed by atoms with E-state index in [-0.39, 0.29) is 0 Å². The molecule has 6 heteroatoms. The predicted molar refractivity (Wildman–Crippen MR) is 68.8 cm³/mol. The van der Waals surface area contributed by atoms with E-state index in [1.807, 2.05) is 0 Å². The van der Waals surface area contributed by atoms with Crippen LogP contribution < -0.4 is 16.2 Å². The van der Waals surface area contributed by atoms with Crippen LogP contribution in [0.15, 0.2) is 12.4 Å². The molecule has 3 N–H and O–H groups in total. The van der Waals surface area contributed by atoms with E-state index in [0.717, 1.165) is 31.9 Å². The maximum atomic E-state index is 5.36. The molecule has 0 radical (unpaired) electrons. The first-order valence-electron chi connectivity index (χ1n) is 5.94. The minimum Gasteiger partial charge on any atom is -0.351 e. The molecule has 0 amide bonds. The summed E-state index contributed by atoms with van der Waals surface area (Å²) >= 11 is 0.